The molecule has 7 heteroatoms. The van der Waals surface area contributed by atoms with Gasteiger partial charge in [0.2, 0.25) is 0 Å². The van der Waals surface area contributed by atoms with E-state index in [0.717, 1.165) is 17.1 Å². The van der Waals surface area contributed by atoms with E-state index in [4.69, 9.17) is 5.11 Å². The Bertz CT molecular complexity index is 329. The Morgan fingerprint density at radius 3 is 2.35 bits per heavy atom. The molecule has 0 aromatic heterocycles. The number of nitrogens with one attached hydrogen (secondary N) is 1. The lowest BCUT2D eigenvalue weighted by Crippen LogP contribution is -2.47. The van der Waals surface area contributed by atoms with Crippen molar-refractivity contribution in [2.24, 2.45) is 0 Å². The Morgan fingerprint density at radius 1 is 1.35 bits per heavy atom. The van der Waals surface area contributed by atoms with Crippen molar-refractivity contribution in [2.45, 2.75) is 45.6 Å². The molecule has 0 heterocycles. The lowest BCUT2D eigenvalue weighted by molar-refractivity contribution is -0.139. The zero-order chi connectivity index (χ0) is 13.5. The highest BCUT2D eigenvalue weighted by Gasteiger charge is 2.25. The van der Waals surface area contributed by atoms with Gasteiger partial charge in [0, 0.05) is 13.6 Å². The minimum Gasteiger partial charge on any atom is -0.480 e. The zero-order valence-corrected chi connectivity index (χ0v) is 11.5. The Labute approximate surface area is 103 Å². The van der Waals surface area contributed by atoms with Crippen LogP contribution in [0.3, 0.4) is 0 Å². The van der Waals surface area contributed by atoms with Crippen LogP contribution in [0.15, 0.2) is 0 Å². The van der Waals surface area contributed by atoms with Gasteiger partial charge in [-0.1, -0.05) is 26.7 Å². The maximum absolute atomic E-state index is 11.8. The van der Waals surface area contributed by atoms with E-state index in [2.05, 4.69) is 4.72 Å². The minimum atomic E-state index is -3.70. The van der Waals surface area contributed by atoms with Crippen LogP contribution in [0.25, 0.3) is 0 Å². The highest BCUT2D eigenvalue weighted by Crippen LogP contribution is 2.03. The van der Waals surface area contributed by atoms with Crippen molar-refractivity contribution in [2.75, 3.05) is 13.6 Å². The number of aliphatic carboxylic acids is 1. The first-order valence-corrected chi connectivity index (χ1v) is 7.25. The van der Waals surface area contributed by atoms with E-state index < -0.39 is 22.2 Å². The number of carboxylic acid groups (broad SMARTS) is 1. The molecule has 0 aromatic carbocycles. The number of carbonyl (C=O) groups is 1. The Morgan fingerprint density at radius 2 is 1.94 bits per heavy atom. The van der Waals surface area contributed by atoms with E-state index in [1.807, 2.05) is 13.8 Å². The normalized spacial score (nSPS) is 13.9. The van der Waals surface area contributed by atoms with Crippen LogP contribution in [0.1, 0.15) is 39.5 Å². The first-order valence-electron chi connectivity index (χ1n) is 5.81. The van der Waals surface area contributed by atoms with Gasteiger partial charge in [-0.25, -0.2) is 0 Å². The molecule has 0 amide bonds. The smallest absolute Gasteiger partial charge is 0.321 e. The lowest BCUT2D eigenvalue weighted by atomic mass is 10.2. The van der Waals surface area contributed by atoms with E-state index in [1.54, 1.807) is 0 Å². The minimum absolute atomic E-state index is 0.288. The maximum Gasteiger partial charge on any atom is 0.321 e. The number of rotatable bonds is 9. The van der Waals surface area contributed by atoms with Gasteiger partial charge < -0.3 is 5.11 Å². The highest BCUT2D eigenvalue weighted by atomic mass is 32.2. The van der Waals surface area contributed by atoms with Crippen LogP contribution in [0, 0.1) is 0 Å². The molecule has 0 aromatic rings. The van der Waals surface area contributed by atoms with Gasteiger partial charge in [-0.3, -0.25) is 4.79 Å². The van der Waals surface area contributed by atoms with Gasteiger partial charge in [-0.2, -0.15) is 17.4 Å². The summed E-state index contributed by atoms with van der Waals surface area (Å²) in [4.78, 5) is 10.9. The second-order valence-corrected chi connectivity index (χ2v) is 5.79. The third-order valence-corrected chi connectivity index (χ3v) is 3.99. The van der Waals surface area contributed by atoms with Gasteiger partial charge in [0.15, 0.2) is 0 Å². The Balaban J connectivity index is 4.54. The van der Waals surface area contributed by atoms with Gasteiger partial charge >= 0.3 is 5.97 Å². The van der Waals surface area contributed by atoms with Crippen molar-refractivity contribution >= 4 is 16.2 Å². The molecule has 17 heavy (non-hydrogen) atoms. The van der Waals surface area contributed by atoms with Crippen molar-refractivity contribution < 1.29 is 18.3 Å². The van der Waals surface area contributed by atoms with E-state index in [9.17, 15) is 13.2 Å². The highest BCUT2D eigenvalue weighted by molar-refractivity contribution is 7.87. The molecule has 0 bridgehead atoms. The molecule has 0 saturated carbocycles. The number of carboxylic acids is 1. The average Bonchev–Trinajstić information content (AvgIpc) is 2.24. The van der Waals surface area contributed by atoms with Gasteiger partial charge in [-0.05, 0) is 12.8 Å². The van der Waals surface area contributed by atoms with Crippen molar-refractivity contribution in [3.8, 4) is 0 Å². The van der Waals surface area contributed by atoms with E-state index >= 15 is 0 Å². The number of unbranched alkanes of at least 4 members (excludes halogenated alkanes) is 1. The van der Waals surface area contributed by atoms with E-state index in [1.165, 1.54) is 7.05 Å². The molecular formula is C10H22N2O4S. The third kappa shape index (κ3) is 5.99. The van der Waals surface area contributed by atoms with Crippen molar-refractivity contribution in [3.63, 3.8) is 0 Å². The molecule has 6 nitrogen and oxygen atoms in total. The summed E-state index contributed by atoms with van der Waals surface area (Å²) in [6, 6.07) is -1.05. The van der Waals surface area contributed by atoms with Crippen LogP contribution < -0.4 is 4.72 Å². The summed E-state index contributed by atoms with van der Waals surface area (Å²) in [6.07, 6.45) is 2.54. The topological polar surface area (TPSA) is 86.7 Å². The predicted molar refractivity (Wildman–Crippen MR) is 65.9 cm³/mol. The van der Waals surface area contributed by atoms with Crippen LogP contribution in [-0.2, 0) is 15.0 Å². The fraction of sp³-hybridized carbons (Fsp3) is 0.900. The molecule has 0 aliphatic carbocycles. The molecule has 2 N–H and O–H groups in total. The van der Waals surface area contributed by atoms with Crippen LogP contribution in [0.5, 0.6) is 0 Å². The van der Waals surface area contributed by atoms with Crippen molar-refractivity contribution in [1.29, 1.82) is 0 Å². The van der Waals surface area contributed by atoms with Crippen LogP contribution in [0.2, 0.25) is 0 Å². The summed E-state index contributed by atoms with van der Waals surface area (Å²) in [5.41, 5.74) is 0. The van der Waals surface area contributed by atoms with Crippen LogP contribution in [0.4, 0.5) is 0 Å². The molecule has 1 unspecified atom stereocenters. The molecule has 0 fully saturated rings. The van der Waals surface area contributed by atoms with Crippen molar-refractivity contribution in [1.82, 2.24) is 9.03 Å². The van der Waals surface area contributed by atoms with Gasteiger partial charge in [0.05, 0.1) is 0 Å². The Hall–Kier alpha value is -0.660. The summed E-state index contributed by atoms with van der Waals surface area (Å²) in [5.74, 6) is -1.14. The summed E-state index contributed by atoms with van der Waals surface area (Å²) >= 11 is 0. The average molecular weight is 266 g/mol. The number of hydrogen-bond acceptors (Lipinski definition) is 3. The quantitative estimate of drug-likeness (QED) is 0.646. The maximum atomic E-state index is 11.8. The monoisotopic (exact) mass is 266 g/mol. The summed E-state index contributed by atoms with van der Waals surface area (Å²) in [5, 5.41) is 8.88. The molecule has 0 aliphatic rings. The first kappa shape index (κ1) is 16.3. The van der Waals surface area contributed by atoms with Crippen LogP contribution >= 0.6 is 0 Å². The van der Waals surface area contributed by atoms with Gasteiger partial charge in [-0.15, -0.1) is 0 Å². The van der Waals surface area contributed by atoms with Crippen molar-refractivity contribution in [3.05, 3.63) is 0 Å². The van der Waals surface area contributed by atoms with Gasteiger partial charge in [0.1, 0.15) is 6.04 Å². The molecule has 0 aliphatic heterocycles. The number of hydrogen-bond donors (Lipinski definition) is 2. The SMILES string of the molecule is CCCCN(C)S(=O)(=O)NC(CCC)C(=O)O. The number of nitrogens with zero attached hydrogens (tertiary/aromatic N) is 1. The summed E-state index contributed by atoms with van der Waals surface area (Å²) in [7, 11) is -2.25. The summed E-state index contributed by atoms with van der Waals surface area (Å²) in [6.45, 7) is 4.17. The second-order valence-electron chi connectivity index (χ2n) is 3.98. The zero-order valence-electron chi connectivity index (χ0n) is 10.6. The fourth-order valence-electron chi connectivity index (χ4n) is 1.29. The first-order chi connectivity index (χ1) is 7.85. The molecule has 102 valence electrons. The molecule has 0 rings (SSSR count). The standard InChI is InChI=1S/C10H22N2O4S/c1-4-6-8-12(3)17(15,16)11-9(7-5-2)10(13)14/h9,11H,4-8H2,1-3H3,(H,13,14). The molecule has 0 radical (unpaired) electrons. The molecule has 0 saturated heterocycles. The van der Waals surface area contributed by atoms with Crippen LogP contribution in [-0.4, -0.2) is 43.4 Å². The van der Waals surface area contributed by atoms with Gasteiger partial charge in [0.25, 0.3) is 10.2 Å². The Kier molecular flexibility index (Phi) is 7.33. The van der Waals surface area contributed by atoms with E-state index in [0.29, 0.717) is 13.0 Å². The fourth-order valence-corrected chi connectivity index (χ4v) is 2.42. The third-order valence-electron chi connectivity index (χ3n) is 2.40. The molecule has 1 atom stereocenters. The largest absolute Gasteiger partial charge is 0.480 e. The summed E-state index contributed by atoms with van der Waals surface area (Å²) < 4.78 is 26.9. The second kappa shape index (κ2) is 7.62. The lowest BCUT2D eigenvalue weighted by Gasteiger charge is -2.20. The predicted octanol–water partition coefficient (Wildman–Crippen LogP) is 0.806. The molecular weight excluding hydrogens is 244 g/mol. The van der Waals surface area contributed by atoms with E-state index in [-0.39, 0.29) is 6.42 Å². The molecule has 0 spiro atoms.